The molecule has 0 saturated carbocycles. The molecule has 5 aliphatic heterocycles. The van der Waals surface area contributed by atoms with Crippen molar-refractivity contribution >= 4 is 175 Å². The summed E-state index contributed by atoms with van der Waals surface area (Å²) in [4.78, 5) is 119. The number of H-pyrrole nitrogens is 5. The van der Waals surface area contributed by atoms with Crippen molar-refractivity contribution in [1.29, 1.82) is 0 Å². The van der Waals surface area contributed by atoms with E-state index in [0.717, 1.165) is 92.3 Å². The first-order chi connectivity index (χ1) is 65.2. The SMILES string of the molecule is C=P(C)(C)CC[C@H]1OC(n2c(SCC)nc3c(=O)[nH]c(C)nc32)[C@H](O)[C@@H]1O.C=P(C)(C)CC[C@H]1OC(n2c(SCCC)nc3c(=O)[nH]c(C)nc32)[C@H](O)[C@@H]1O.C=P(C)(C)CC[C@H]1OC(n2c(SCCCC)nc3c(=O)[nH]c(C)nc32)[C@H](O)[C@@H]1O.C=P(C)(C)CC[C@H]1OC(n2c(SCCCCC)nc3c(=O)[nH]c(C)nc32)[C@H](O)[C@@H]1O.C=P(C)(C)CC[C@H]1OC(n2cnc3c(=O)[nH]c(NC)nc32)[C@H](O)[C@@H]1O. The number of ether oxygens (including phenoxy) is 5. The molecule has 774 valence electrons. The summed E-state index contributed by atoms with van der Waals surface area (Å²) in [5, 5.41) is 111. The van der Waals surface area contributed by atoms with Crippen LogP contribution in [0, 0.1) is 27.7 Å². The molecule has 5 aliphatic rings. The molecule has 41 nitrogen and oxygen atoms in total. The second-order valence-corrected chi connectivity index (χ2v) is 65.4. The zero-order valence-corrected chi connectivity index (χ0v) is 90.7. The van der Waals surface area contributed by atoms with Crippen molar-refractivity contribution in [2.75, 3.05) is 133 Å². The Morgan fingerprint density at radius 3 is 0.878 bits per heavy atom. The predicted molar refractivity (Wildman–Crippen MR) is 569 cm³/mol. The zero-order valence-electron chi connectivity index (χ0n) is 82.9. The monoisotopic (exact) mass is 2110 g/mol. The molecule has 16 N–H and O–H groups in total. The summed E-state index contributed by atoms with van der Waals surface area (Å²) in [5.41, 5.74) is 1.06. The Morgan fingerprint density at radius 2 is 0.604 bits per heavy atom. The molecule has 0 amide bonds. The van der Waals surface area contributed by atoms with Crippen LogP contribution in [0.15, 0.2) is 50.9 Å². The molecule has 0 radical (unpaired) electrons. The van der Waals surface area contributed by atoms with Crippen LogP contribution in [-0.2, 0) is 23.7 Å². The van der Waals surface area contributed by atoms with Crippen LogP contribution < -0.4 is 33.1 Å². The van der Waals surface area contributed by atoms with Crippen LogP contribution in [0.2, 0.25) is 0 Å². The van der Waals surface area contributed by atoms with Gasteiger partial charge in [0.2, 0.25) is 5.95 Å². The van der Waals surface area contributed by atoms with Crippen molar-refractivity contribution in [2.45, 2.75) is 269 Å². The third-order valence-electron chi connectivity index (χ3n) is 23.7. The van der Waals surface area contributed by atoms with Gasteiger partial charge in [0, 0.05) is 24.3 Å². The third kappa shape index (κ3) is 28.2. The van der Waals surface area contributed by atoms with Gasteiger partial charge in [-0.05, 0) is 182 Å². The second-order valence-electron chi connectivity index (χ2n) is 39.4. The largest absolute Gasteiger partial charge is 0.388 e. The molecule has 0 aliphatic carbocycles. The maximum Gasteiger partial charge on any atom is 0.280 e. The van der Waals surface area contributed by atoms with E-state index in [9.17, 15) is 75.0 Å². The van der Waals surface area contributed by atoms with E-state index >= 15 is 0 Å². The molecule has 0 bridgehead atoms. The Kier molecular flexibility index (Phi) is 39.1. The highest BCUT2D eigenvalue weighted by Crippen LogP contribution is 2.48. The fraction of sp³-hybridized carbons (Fsp3) is 0.663. The molecule has 0 spiro atoms. The summed E-state index contributed by atoms with van der Waals surface area (Å²) in [5.74, 6) is 5.31. The average Bonchev–Trinajstić information content (AvgIpc) is 1.62. The van der Waals surface area contributed by atoms with E-state index in [1.807, 2.05) is 6.92 Å². The number of rotatable bonds is 35. The summed E-state index contributed by atoms with van der Waals surface area (Å²) >= 11 is 5.93. The number of aliphatic hydroxyl groups is 10. The summed E-state index contributed by atoms with van der Waals surface area (Å²) < 4.78 is 38.4. The molecule has 10 aromatic heterocycles. The molecule has 5 fully saturated rings. The highest BCUT2D eigenvalue weighted by molar-refractivity contribution is 7.99. The normalized spacial score (nSPS) is 25.7. The van der Waals surface area contributed by atoms with E-state index in [2.05, 4.69) is 199 Å². The Labute approximate surface area is 825 Å². The number of anilines is 1. The summed E-state index contributed by atoms with van der Waals surface area (Å²) in [6.07, 6.45) is 18.5. The van der Waals surface area contributed by atoms with Crippen molar-refractivity contribution in [2.24, 2.45) is 0 Å². The number of hydrogen-bond donors (Lipinski definition) is 16. The summed E-state index contributed by atoms with van der Waals surface area (Å²) in [7, 11) is 1.63. The van der Waals surface area contributed by atoms with Gasteiger partial charge >= 0.3 is 0 Å². The standard InChI is InChI=1S/C20H33N4O4PS.C19H31N4O4PS.C18H29N4O4PS.C17H27N4O4PS.C15H24N5O4P/c1-6-7-8-11-30-20-23-14-17(21-12(2)22-18(14)27)24(20)19-16(26)15(25)13(28-19)9-10-29(3,4)5;1-6-7-10-29-19-22-13-16(20-11(2)21-17(13)26)23(19)18-15(25)14(24)12(27-18)8-9-28(3,4)5;1-6-9-28-18-21-12-15(19-10(2)20-16(12)25)22(18)17-14(24)13(23)11(26-17)7-8-27(3,4)5;1-6-27-17-20-11-14(18-9(2)19-15(11)24)21(17)16-13(23)12(22)10(25-16)7-8-26(3,4)5;1-16-15-18-12-9(13(23)19-15)17-7-20(12)14-11(22)10(21)8(24-14)5-6-25(2,3)4/h13,15-16,19,25-26H,3,6-11H2,1-2,4-5H3,(H,21,22,27);12,14-15,18,24-25H,3,6-10H2,1-2,4-5H3,(H,20,21,26);11,13-14,17,23-24H,3,6-9H2,1-2,4-5H3,(H,19,20,25);10,12-13,16,22-23H,3,6-8H2,1-2,4-5H3,(H,18,19,24);7-8,10-11,14,21-22H,2,5-6H2,1,3-4H3,(H2,16,18,19,23)/t13-,15-,16-,19?;12-,14-,15-,18?;11-,13-,14-,17?;10-,12-,13-,16?;8-,10-,11-,14?/m11111/s1. The van der Waals surface area contributed by atoms with Gasteiger partial charge in [-0.25, -0.2) is 44.9 Å². The number of aryl methyl sites for hydroxylation is 4. The van der Waals surface area contributed by atoms with Crippen LogP contribution in [0.3, 0.4) is 0 Å². The van der Waals surface area contributed by atoms with Crippen LogP contribution in [0.25, 0.3) is 55.8 Å². The maximum absolute atomic E-state index is 12.4. The van der Waals surface area contributed by atoms with Gasteiger partial charge in [-0.1, -0.05) is 94.0 Å². The van der Waals surface area contributed by atoms with E-state index < -0.39 is 157 Å². The van der Waals surface area contributed by atoms with E-state index in [0.29, 0.717) is 98.6 Å². The Morgan fingerprint density at radius 1 is 0.338 bits per heavy atom. The van der Waals surface area contributed by atoms with E-state index in [4.69, 9.17) is 23.7 Å². The van der Waals surface area contributed by atoms with Crippen molar-refractivity contribution < 1.29 is 74.7 Å². The molecule has 15 heterocycles. The van der Waals surface area contributed by atoms with Crippen LogP contribution in [-0.4, -0.2) is 399 Å². The lowest BCUT2D eigenvalue weighted by Gasteiger charge is -2.20. The van der Waals surface area contributed by atoms with Crippen LogP contribution in [0.1, 0.15) is 153 Å². The van der Waals surface area contributed by atoms with Gasteiger partial charge in [-0.3, -0.25) is 51.8 Å². The number of aromatic amines is 5. The van der Waals surface area contributed by atoms with Gasteiger partial charge < -0.3 is 100 Å². The topological polar surface area (TPSA) is 578 Å². The molecule has 0 aromatic carbocycles. The molecule has 5 saturated heterocycles. The first-order valence-electron chi connectivity index (χ1n) is 46.8. The van der Waals surface area contributed by atoms with E-state index in [1.165, 1.54) is 57.9 Å². The van der Waals surface area contributed by atoms with Crippen molar-refractivity contribution in [3.8, 4) is 0 Å². The lowest BCUT2D eigenvalue weighted by atomic mass is 10.1. The van der Waals surface area contributed by atoms with Gasteiger partial charge in [-0.15, -0.1) is 65.9 Å². The zero-order chi connectivity index (χ0) is 102. The lowest BCUT2D eigenvalue weighted by Crippen LogP contribution is -2.32. The van der Waals surface area contributed by atoms with Gasteiger partial charge in [0.15, 0.2) is 108 Å². The van der Waals surface area contributed by atoms with Crippen LogP contribution in [0.4, 0.5) is 5.95 Å². The van der Waals surface area contributed by atoms with Crippen molar-refractivity contribution in [1.82, 2.24) is 97.6 Å². The first-order valence-corrected chi connectivity index (χ1v) is 66.0. The predicted octanol–water partition coefficient (Wildman–Crippen LogP) is 7.25. The van der Waals surface area contributed by atoms with Gasteiger partial charge in [0.1, 0.15) is 84.3 Å². The molecular formula is C89H144N21O20P5S4. The number of imidazole rings is 5. The minimum absolute atomic E-state index is 0.151. The first kappa shape index (κ1) is 113. The number of fused-ring (bicyclic) bond motifs is 5. The van der Waals surface area contributed by atoms with Crippen LogP contribution >= 0.6 is 81.5 Å². The smallest absolute Gasteiger partial charge is 0.280 e. The second kappa shape index (κ2) is 48.0. The molecular weight excluding hydrogens is 1970 g/mol. The number of thioether (sulfide) groups is 4. The van der Waals surface area contributed by atoms with Gasteiger partial charge in [-0.2, -0.15) is 4.98 Å². The van der Waals surface area contributed by atoms with Crippen LogP contribution in [0.5, 0.6) is 0 Å². The van der Waals surface area contributed by atoms with E-state index in [1.54, 1.807) is 53.0 Å². The fourth-order valence-electron chi connectivity index (χ4n) is 16.3. The Hall–Kier alpha value is -6.15. The number of nitrogens with zero attached hydrogens (tertiary/aromatic N) is 15. The minimum atomic E-state index is -1.28. The van der Waals surface area contributed by atoms with Gasteiger partial charge in [0.25, 0.3) is 27.8 Å². The molecule has 20 atom stereocenters. The number of unbranched alkanes of at least 4 members (excludes halogenated alkanes) is 3. The Balaban J connectivity index is 0.000000167. The average molecular weight is 2110 g/mol. The third-order valence-corrected chi connectivity index (χ3v) is 35.1. The number of nitrogens with one attached hydrogen (secondary N) is 6. The lowest BCUT2D eigenvalue weighted by molar-refractivity contribution is -0.0400. The maximum atomic E-state index is 12.4. The molecule has 15 rings (SSSR count). The Bertz CT molecular complexity index is 6490. The van der Waals surface area contributed by atoms with Crippen molar-refractivity contribution in [3.05, 3.63) is 81.4 Å². The number of aliphatic hydroxyl groups excluding tert-OH is 10. The number of hydrogen-bond acceptors (Lipinski definition) is 35. The highest BCUT2D eigenvalue weighted by Gasteiger charge is 2.51. The summed E-state index contributed by atoms with van der Waals surface area (Å²) in [6, 6.07) is 0. The quantitative estimate of drug-likeness (QED) is 0.0106. The van der Waals surface area contributed by atoms with Gasteiger partial charge in [0.05, 0.1) is 36.8 Å². The molecule has 10 aromatic rings. The van der Waals surface area contributed by atoms with Crippen molar-refractivity contribution in [3.63, 3.8) is 0 Å². The highest BCUT2D eigenvalue weighted by atomic mass is 32.2. The summed E-state index contributed by atoms with van der Waals surface area (Å²) in [6.45, 7) is 30.0. The fourth-order valence-corrected chi connectivity index (χ4v) is 24.8. The molecule has 5 unspecified atom stereocenters. The van der Waals surface area contributed by atoms with E-state index in [-0.39, 0.29) is 67.0 Å². The minimum Gasteiger partial charge on any atom is -0.388 e. The molecule has 50 heteroatoms. The number of aromatic nitrogens is 20. The molecule has 139 heavy (non-hydrogen) atoms.